The smallest absolute Gasteiger partial charge is 0.246 e. The first kappa shape index (κ1) is 11.6. The number of rotatable bonds is 2. The minimum absolute atomic E-state index is 0.0771. The lowest BCUT2D eigenvalue weighted by molar-refractivity contribution is -0.130. The summed E-state index contributed by atoms with van der Waals surface area (Å²) in [4.78, 5) is 18.5. The van der Waals surface area contributed by atoms with Crippen molar-refractivity contribution in [2.75, 3.05) is 45.8 Å². The van der Waals surface area contributed by atoms with E-state index in [4.69, 9.17) is 0 Å². The fourth-order valence-electron chi connectivity index (χ4n) is 2.64. The summed E-state index contributed by atoms with van der Waals surface area (Å²) in [7, 11) is 0. The third-order valence-corrected chi connectivity index (χ3v) is 3.71. The lowest BCUT2D eigenvalue weighted by atomic mass is 10.1. The summed E-state index contributed by atoms with van der Waals surface area (Å²) >= 11 is 0. The van der Waals surface area contributed by atoms with Crippen molar-refractivity contribution in [2.45, 2.75) is 13.0 Å². The molecule has 0 saturated carbocycles. The van der Waals surface area contributed by atoms with Gasteiger partial charge in [-0.05, 0) is 12.6 Å². The second kappa shape index (κ2) is 4.97. The summed E-state index contributed by atoms with van der Waals surface area (Å²) in [5.74, 6) is 0.0771. The molecule has 2 aliphatic rings. The van der Waals surface area contributed by atoms with Crippen molar-refractivity contribution in [3.05, 3.63) is 12.7 Å². The molecule has 1 amide bonds. The number of hydrogen-bond donors (Lipinski definition) is 0. The number of amides is 1. The van der Waals surface area contributed by atoms with Crippen LogP contribution >= 0.6 is 0 Å². The molecular formula is C12H21N3O. The van der Waals surface area contributed by atoms with Crippen LogP contribution in [0.25, 0.3) is 0 Å². The first-order valence-electron chi connectivity index (χ1n) is 6.12. The topological polar surface area (TPSA) is 26.8 Å². The summed E-state index contributed by atoms with van der Waals surface area (Å²) in [6.45, 7) is 13.0. The second-order valence-electron chi connectivity index (χ2n) is 4.57. The summed E-state index contributed by atoms with van der Waals surface area (Å²) in [6.07, 6.45) is 1.43. The third kappa shape index (κ3) is 2.28. The van der Waals surface area contributed by atoms with Gasteiger partial charge in [-0.1, -0.05) is 13.5 Å². The van der Waals surface area contributed by atoms with Crippen molar-refractivity contribution >= 4 is 5.91 Å². The molecule has 0 radical (unpaired) electrons. The molecule has 1 unspecified atom stereocenters. The van der Waals surface area contributed by atoms with Gasteiger partial charge >= 0.3 is 0 Å². The molecule has 90 valence electrons. The van der Waals surface area contributed by atoms with Crippen LogP contribution in [-0.2, 0) is 4.79 Å². The summed E-state index contributed by atoms with van der Waals surface area (Å²) in [6, 6.07) is 0.520. The average Bonchev–Trinajstić information content (AvgIpc) is 2.36. The van der Waals surface area contributed by atoms with Gasteiger partial charge in [0.1, 0.15) is 0 Å². The molecular weight excluding hydrogens is 202 g/mol. The van der Waals surface area contributed by atoms with Crippen molar-refractivity contribution in [1.82, 2.24) is 14.7 Å². The van der Waals surface area contributed by atoms with Gasteiger partial charge in [-0.15, -0.1) is 0 Å². The lowest BCUT2D eigenvalue weighted by Crippen LogP contribution is -2.62. The molecule has 2 heterocycles. The number of carbonyl (C=O) groups excluding carboxylic acids is 1. The highest BCUT2D eigenvalue weighted by Gasteiger charge is 2.32. The van der Waals surface area contributed by atoms with Crippen LogP contribution in [-0.4, -0.2) is 72.5 Å². The van der Waals surface area contributed by atoms with Gasteiger partial charge in [0.2, 0.25) is 5.91 Å². The van der Waals surface area contributed by atoms with Gasteiger partial charge in [-0.3, -0.25) is 9.69 Å². The van der Waals surface area contributed by atoms with Crippen molar-refractivity contribution in [3.8, 4) is 0 Å². The number of carbonyl (C=O) groups is 1. The van der Waals surface area contributed by atoms with E-state index >= 15 is 0 Å². The Balaban J connectivity index is 1.95. The SMILES string of the molecule is C=CC(=O)N1CCN2CCN(CC)CC2C1. The predicted octanol–water partition coefficient (Wildman–Crippen LogP) is 0.0207. The average molecular weight is 223 g/mol. The second-order valence-corrected chi connectivity index (χ2v) is 4.57. The largest absolute Gasteiger partial charge is 0.336 e. The van der Waals surface area contributed by atoms with E-state index in [0.717, 1.165) is 39.3 Å². The van der Waals surface area contributed by atoms with E-state index in [1.165, 1.54) is 12.6 Å². The minimum atomic E-state index is 0.0771. The monoisotopic (exact) mass is 223 g/mol. The molecule has 4 nitrogen and oxygen atoms in total. The Morgan fingerprint density at radius 2 is 2.06 bits per heavy atom. The molecule has 16 heavy (non-hydrogen) atoms. The molecule has 1 atom stereocenters. The maximum Gasteiger partial charge on any atom is 0.246 e. The van der Waals surface area contributed by atoms with Crippen LogP contribution < -0.4 is 0 Å². The van der Waals surface area contributed by atoms with Gasteiger partial charge in [0.15, 0.2) is 0 Å². The van der Waals surface area contributed by atoms with Gasteiger partial charge in [0, 0.05) is 45.3 Å². The van der Waals surface area contributed by atoms with Crippen LogP contribution in [0.2, 0.25) is 0 Å². The molecule has 2 rings (SSSR count). The highest BCUT2D eigenvalue weighted by atomic mass is 16.2. The van der Waals surface area contributed by atoms with Gasteiger partial charge in [0.05, 0.1) is 0 Å². The van der Waals surface area contributed by atoms with Crippen LogP contribution in [0, 0.1) is 0 Å². The molecule has 0 N–H and O–H groups in total. The standard InChI is InChI=1S/C12H21N3O/c1-3-12(16)15-8-7-14-6-5-13(4-2)9-11(14)10-15/h3,11H,1,4-10H2,2H3. The Hall–Kier alpha value is -0.870. The molecule has 0 spiro atoms. The van der Waals surface area contributed by atoms with Gasteiger partial charge < -0.3 is 9.80 Å². The van der Waals surface area contributed by atoms with E-state index < -0.39 is 0 Å². The summed E-state index contributed by atoms with van der Waals surface area (Å²) in [5.41, 5.74) is 0. The number of nitrogens with zero attached hydrogens (tertiary/aromatic N) is 3. The molecule has 2 saturated heterocycles. The maximum absolute atomic E-state index is 11.6. The van der Waals surface area contributed by atoms with E-state index in [9.17, 15) is 4.79 Å². The van der Waals surface area contributed by atoms with Gasteiger partial charge in [0.25, 0.3) is 0 Å². The van der Waals surface area contributed by atoms with Crippen LogP contribution in [0.1, 0.15) is 6.92 Å². The molecule has 0 aromatic rings. The number of hydrogen-bond acceptors (Lipinski definition) is 3. The van der Waals surface area contributed by atoms with E-state index in [2.05, 4.69) is 23.3 Å². The molecule has 0 bridgehead atoms. The molecule has 2 fully saturated rings. The van der Waals surface area contributed by atoms with Gasteiger partial charge in [-0.2, -0.15) is 0 Å². The normalized spacial score (nSPS) is 27.6. The highest BCUT2D eigenvalue weighted by molar-refractivity contribution is 5.87. The lowest BCUT2D eigenvalue weighted by Gasteiger charge is -2.47. The minimum Gasteiger partial charge on any atom is -0.336 e. The first-order chi connectivity index (χ1) is 7.74. The maximum atomic E-state index is 11.6. The highest BCUT2D eigenvalue weighted by Crippen LogP contribution is 2.15. The van der Waals surface area contributed by atoms with E-state index in [-0.39, 0.29) is 5.91 Å². The van der Waals surface area contributed by atoms with E-state index in [1.54, 1.807) is 0 Å². The summed E-state index contributed by atoms with van der Waals surface area (Å²) in [5, 5.41) is 0. The number of piperazine rings is 2. The van der Waals surface area contributed by atoms with Crippen LogP contribution in [0.3, 0.4) is 0 Å². The molecule has 4 heteroatoms. The van der Waals surface area contributed by atoms with Crippen LogP contribution in [0.15, 0.2) is 12.7 Å². The van der Waals surface area contributed by atoms with Crippen molar-refractivity contribution in [3.63, 3.8) is 0 Å². The van der Waals surface area contributed by atoms with Crippen molar-refractivity contribution in [2.24, 2.45) is 0 Å². The molecule has 2 aliphatic heterocycles. The summed E-state index contributed by atoms with van der Waals surface area (Å²) < 4.78 is 0. The Kier molecular flexibility index (Phi) is 3.61. The zero-order valence-electron chi connectivity index (χ0n) is 10.1. The fourth-order valence-corrected chi connectivity index (χ4v) is 2.64. The van der Waals surface area contributed by atoms with Crippen molar-refractivity contribution in [1.29, 1.82) is 0 Å². The number of fused-ring (bicyclic) bond motifs is 1. The molecule has 0 aromatic carbocycles. The zero-order valence-corrected chi connectivity index (χ0v) is 10.1. The van der Waals surface area contributed by atoms with E-state index in [1.807, 2.05) is 4.90 Å². The van der Waals surface area contributed by atoms with Crippen molar-refractivity contribution < 1.29 is 4.79 Å². The van der Waals surface area contributed by atoms with Crippen LogP contribution in [0.4, 0.5) is 0 Å². The Morgan fingerprint density at radius 1 is 1.31 bits per heavy atom. The van der Waals surface area contributed by atoms with Crippen LogP contribution in [0.5, 0.6) is 0 Å². The predicted molar refractivity (Wildman–Crippen MR) is 64.3 cm³/mol. The Morgan fingerprint density at radius 3 is 2.75 bits per heavy atom. The quantitative estimate of drug-likeness (QED) is 0.618. The van der Waals surface area contributed by atoms with E-state index in [0.29, 0.717) is 6.04 Å². The fraction of sp³-hybridized carbons (Fsp3) is 0.750. The molecule has 0 aliphatic carbocycles. The molecule has 0 aromatic heterocycles. The Bertz CT molecular complexity index is 279. The Labute approximate surface area is 97.5 Å². The number of likely N-dealkylation sites (N-methyl/N-ethyl adjacent to an activating group) is 1. The first-order valence-corrected chi connectivity index (χ1v) is 6.12. The zero-order chi connectivity index (χ0) is 11.5. The third-order valence-electron chi connectivity index (χ3n) is 3.71. The van der Waals surface area contributed by atoms with Gasteiger partial charge in [-0.25, -0.2) is 0 Å².